The van der Waals surface area contributed by atoms with Gasteiger partial charge in [-0.25, -0.2) is 0 Å². The highest BCUT2D eigenvalue weighted by atomic mass is 32.2. The monoisotopic (exact) mass is 356 g/mol. The van der Waals surface area contributed by atoms with Gasteiger partial charge < -0.3 is 5.73 Å². The van der Waals surface area contributed by atoms with Gasteiger partial charge >= 0.3 is 0 Å². The van der Waals surface area contributed by atoms with Crippen LogP contribution >= 0.6 is 11.8 Å². The number of hydrogen-bond donors (Lipinski definition) is 1. The first-order valence-electron chi connectivity index (χ1n) is 8.04. The summed E-state index contributed by atoms with van der Waals surface area (Å²) in [4.78, 5) is 49.6. The summed E-state index contributed by atoms with van der Waals surface area (Å²) >= 11 is 1.22. The number of likely N-dealkylation sites (tertiary alicyclic amines) is 1. The average Bonchev–Trinajstić information content (AvgIpc) is 2.69. The van der Waals surface area contributed by atoms with Crippen LogP contribution in [0.15, 0.2) is 0 Å². The van der Waals surface area contributed by atoms with Crippen LogP contribution < -0.4 is 5.73 Å². The molecule has 2 atom stereocenters. The standard InChI is InChI=1S/C17H28N2O4S/c1-16(2,3)12(20)8-19-13(21)7-11(15(19)23)24-9-10(18)14(22)17(4,5)6/h10-11H,7-9,18H2,1-6H3. The molecule has 1 aliphatic heterocycles. The van der Waals surface area contributed by atoms with Crippen LogP contribution in [-0.4, -0.2) is 51.9 Å². The molecule has 0 bridgehead atoms. The first-order valence-corrected chi connectivity index (χ1v) is 9.09. The van der Waals surface area contributed by atoms with Gasteiger partial charge in [0.25, 0.3) is 0 Å². The van der Waals surface area contributed by atoms with Crippen molar-refractivity contribution >= 4 is 35.1 Å². The molecule has 0 radical (unpaired) electrons. The molecule has 1 fully saturated rings. The van der Waals surface area contributed by atoms with Gasteiger partial charge in [-0.2, -0.15) is 0 Å². The number of nitrogens with zero attached hydrogens (tertiary/aromatic N) is 1. The van der Waals surface area contributed by atoms with Crippen LogP contribution in [0.1, 0.15) is 48.0 Å². The van der Waals surface area contributed by atoms with E-state index in [0.717, 1.165) is 4.90 Å². The molecule has 0 aromatic heterocycles. The fourth-order valence-electron chi connectivity index (χ4n) is 2.18. The van der Waals surface area contributed by atoms with Crippen molar-refractivity contribution in [2.45, 2.75) is 59.3 Å². The highest BCUT2D eigenvalue weighted by Gasteiger charge is 2.41. The number of imide groups is 1. The fraction of sp³-hybridized carbons (Fsp3) is 0.765. The summed E-state index contributed by atoms with van der Waals surface area (Å²) in [6, 6.07) is -0.678. The van der Waals surface area contributed by atoms with Crippen LogP contribution in [0.5, 0.6) is 0 Å². The summed E-state index contributed by atoms with van der Waals surface area (Å²) in [6.07, 6.45) is 0.0529. The summed E-state index contributed by atoms with van der Waals surface area (Å²) in [5, 5.41) is -0.566. The summed E-state index contributed by atoms with van der Waals surface area (Å²) in [5.74, 6) is -0.661. The molecule has 0 aromatic rings. The van der Waals surface area contributed by atoms with Crippen LogP contribution in [0.2, 0.25) is 0 Å². The summed E-state index contributed by atoms with van der Waals surface area (Å²) in [7, 11) is 0. The first kappa shape index (κ1) is 20.8. The molecule has 1 saturated heterocycles. The quantitative estimate of drug-likeness (QED) is 0.723. The van der Waals surface area contributed by atoms with E-state index in [2.05, 4.69) is 0 Å². The van der Waals surface area contributed by atoms with Crippen molar-refractivity contribution in [1.82, 2.24) is 4.90 Å². The van der Waals surface area contributed by atoms with E-state index in [1.807, 2.05) is 0 Å². The number of carbonyl (C=O) groups is 4. The predicted octanol–water partition coefficient (Wildman–Crippen LogP) is 1.40. The maximum absolute atomic E-state index is 12.4. The maximum Gasteiger partial charge on any atom is 0.243 e. The Bertz CT molecular complexity index is 546. The van der Waals surface area contributed by atoms with Gasteiger partial charge in [0.2, 0.25) is 11.8 Å². The van der Waals surface area contributed by atoms with Gasteiger partial charge in [-0.1, -0.05) is 41.5 Å². The Morgan fingerprint density at radius 1 is 1.17 bits per heavy atom. The molecule has 7 heteroatoms. The molecule has 136 valence electrons. The molecule has 2 amide bonds. The van der Waals surface area contributed by atoms with E-state index in [9.17, 15) is 19.2 Å². The minimum Gasteiger partial charge on any atom is -0.321 e. The lowest BCUT2D eigenvalue weighted by Gasteiger charge is -2.22. The number of nitrogens with two attached hydrogens (primary N) is 1. The van der Waals surface area contributed by atoms with E-state index in [-0.39, 0.29) is 42.1 Å². The Labute approximate surface area is 147 Å². The van der Waals surface area contributed by atoms with Gasteiger partial charge in [0.1, 0.15) is 0 Å². The number of Topliss-reactive ketones (excluding diaryl/α,β-unsaturated/α-hetero) is 2. The van der Waals surface area contributed by atoms with Crippen LogP contribution in [-0.2, 0) is 19.2 Å². The molecular formula is C17H28N2O4S. The maximum atomic E-state index is 12.4. The number of amides is 2. The van der Waals surface area contributed by atoms with Crippen LogP contribution in [0.4, 0.5) is 0 Å². The zero-order chi connectivity index (χ0) is 18.9. The predicted molar refractivity (Wildman–Crippen MR) is 94.5 cm³/mol. The second kappa shape index (κ2) is 7.35. The average molecular weight is 356 g/mol. The Hall–Kier alpha value is -1.21. The van der Waals surface area contributed by atoms with Crippen molar-refractivity contribution in [3.05, 3.63) is 0 Å². The number of thioether (sulfide) groups is 1. The van der Waals surface area contributed by atoms with Gasteiger partial charge in [-0.05, 0) is 0 Å². The minimum atomic E-state index is -0.678. The second-order valence-corrected chi connectivity index (χ2v) is 9.47. The summed E-state index contributed by atoms with van der Waals surface area (Å²) in [6.45, 7) is 10.5. The van der Waals surface area contributed by atoms with E-state index in [1.165, 1.54) is 11.8 Å². The highest BCUT2D eigenvalue weighted by molar-refractivity contribution is 8.00. The SMILES string of the molecule is CC(C)(C)C(=O)CN1C(=O)CC(SCC(N)C(=O)C(C)(C)C)C1=O. The largest absolute Gasteiger partial charge is 0.321 e. The topological polar surface area (TPSA) is 97.5 Å². The lowest BCUT2D eigenvalue weighted by Crippen LogP contribution is -2.42. The lowest BCUT2D eigenvalue weighted by molar-refractivity contribution is -0.143. The van der Waals surface area contributed by atoms with Crippen LogP contribution in [0, 0.1) is 10.8 Å². The molecule has 0 aliphatic carbocycles. The van der Waals surface area contributed by atoms with Gasteiger partial charge in [0, 0.05) is 23.0 Å². The number of carbonyl (C=O) groups excluding carboxylic acids is 4. The van der Waals surface area contributed by atoms with Crippen LogP contribution in [0.25, 0.3) is 0 Å². The number of rotatable bonds is 6. The van der Waals surface area contributed by atoms with Crippen molar-refractivity contribution in [3.8, 4) is 0 Å². The molecular weight excluding hydrogens is 328 g/mol. The van der Waals surface area contributed by atoms with Gasteiger partial charge in [0.05, 0.1) is 17.8 Å². The second-order valence-electron chi connectivity index (χ2n) is 8.24. The zero-order valence-electron chi connectivity index (χ0n) is 15.3. The lowest BCUT2D eigenvalue weighted by atomic mass is 9.87. The van der Waals surface area contributed by atoms with E-state index < -0.39 is 22.1 Å². The first-order chi connectivity index (χ1) is 10.7. The third-order valence-corrected chi connectivity index (χ3v) is 5.22. The van der Waals surface area contributed by atoms with E-state index >= 15 is 0 Å². The minimum absolute atomic E-state index is 0.0529. The molecule has 2 N–H and O–H groups in total. The van der Waals surface area contributed by atoms with E-state index in [1.54, 1.807) is 41.5 Å². The van der Waals surface area contributed by atoms with Crippen molar-refractivity contribution in [1.29, 1.82) is 0 Å². The van der Waals surface area contributed by atoms with E-state index in [0.29, 0.717) is 0 Å². The normalized spacial score (nSPS) is 20.5. The van der Waals surface area contributed by atoms with Gasteiger partial charge in [-0.3, -0.25) is 24.1 Å². The van der Waals surface area contributed by atoms with Gasteiger partial charge in [-0.15, -0.1) is 11.8 Å². The molecule has 1 heterocycles. The smallest absolute Gasteiger partial charge is 0.243 e. The highest BCUT2D eigenvalue weighted by Crippen LogP contribution is 2.28. The molecule has 1 aliphatic rings. The third kappa shape index (κ3) is 5.14. The molecule has 2 unspecified atom stereocenters. The molecule has 24 heavy (non-hydrogen) atoms. The van der Waals surface area contributed by atoms with Crippen molar-refractivity contribution in [2.24, 2.45) is 16.6 Å². The fourth-order valence-corrected chi connectivity index (χ4v) is 3.30. The molecule has 1 rings (SSSR count). The molecule has 6 nitrogen and oxygen atoms in total. The Morgan fingerprint density at radius 2 is 1.71 bits per heavy atom. The molecule has 0 spiro atoms. The van der Waals surface area contributed by atoms with E-state index in [4.69, 9.17) is 5.73 Å². The Balaban J connectivity index is 2.64. The third-order valence-electron chi connectivity index (χ3n) is 3.89. The number of ketones is 2. The number of hydrogen-bond acceptors (Lipinski definition) is 6. The van der Waals surface area contributed by atoms with Crippen molar-refractivity contribution in [2.75, 3.05) is 12.3 Å². The Kier molecular flexibility index (Phi) is 6.38. The van der Waals surface area contributed by atoms with Gasteiger partial charge in [0.15, 0.2) is 11.6 Å². The van der Waals surface area contributed by atoms with Crippen molar-refractivity contribution < 1.29 is 19.2 Å². The molecule has 0 aromatic carbocycles. The summed E-state index contributed by atoms with van der Waals surface area (Å²) < 4.78 is 0. The Morgan fingerprint density at radius 3 is 2.17 bits per heavy atom. The van der Waals surface area contributed by atoms with Crippen molar-refractivity contribution in [3.63, 3.8) is 0 Å². The summed E-state index contributed by atoms with van der Waals surface area (Å²) in [5.41, 5.74) is 4.75. The zero-order valence-corrected chi connectivity index (χ0v) is 16.2. The molecule has 0 saturated carbocycles. The van der Waals surface area contributed by atoms with Crippen LogP contribution in [0.3, 0.4) is 0 Å².